The zero-order valence-electron chi connectivity index (χ0n) is 20.5. The van der Waals surface area contributed by atoms with Crippen molar-refractivity contribution in [1.29, 1.82) is 0 Å². The van der Waals surface area contributed by atoms with Crippen LogP contribution in [0.5, 0.6) is 5.75 Å². The third kappa shape index (κ3) is 6.42. The van der Waals surface area contributed by atoms with Crippen molar-refractivity contribution in [2.75, 3.05) is 0 Å². The summed E-state index contributed by atoms with van der Waals surface area (Å²) in [6.45, 7) is 8.88. The number of aromatic nitrogens is 1. The fraction of sp³-hybridized carbons (Fsp3) is 0.346. The van der Waals surface area contributed by atoms with E-state index in [1.165, 1.54) is 26.0 Å². The fourth-order valence-corrected chi connectivity index (χ4v) is 4.19. The molecule has 3 aromatic rings. The standard InChI is InChI=1S/C26H27F3N2O4S/c1-24(2,3)17-10-8-16(9-11-17)22-31-20(26(27,28)29)19(36-22)21(32)30-14-15-6-12-18(13-7-15)35-25(4,5)23(33)34/h6-13H,14H2,1-5H3,(H,30,32)(H,33,34). The highest BCUT2D eigenvalue weighted by atomic mass is 32.1. The van der Waals surface area contributed by atoms with Gasteiger partial charge in [-0.2, -0.15) is 13.2 Å². The molecule has 0 unspecified atom stereocenters. The Morgan fingerprint density at radius 2 is 1.56 bits per heavy atom. The van der Waals surface area contributed by atoms with Gasteiger partial charge in [0, 0.05) is 12.1 Å². The van der Waals surface area contributed by atoms with Crippen molar-refractivity contribution in [1.82, 2.24) is 10.3 Å². The molecule has 0 fully saturated rings. The Bertz CT molecular complexity index is 1240. The summed E-state index contributed by atoms with van der Waals surface area (Å²) in [5.74, 6) is -1.71. The van der Waals surface area contributed by atoms with Gasteiger partial charge in [0.2, 0.25) is 0 Å². The maximum Gasteiger partial charge on any atom is 0.435 e. The number of halogens is 3. The van der Waals surface area contributed by atoms with E-state index in [-0.39, 0.29) is 17.0 Å². The Kier molecular flexibility index (Phi) is 7.50. The van der Waals surface area contributed by atoms with Crippen molar-refractivity contribution in [2.24, 2.45) is 0 Å². The second-order valence-corrected chi connectivity index (χ2v) is 10.8. The first-order chi connectivity index (χ1) is 16.6. The number of thiazole rings is 1. The van der Waals surface area contributed by atoms with E-state index in [2.05, 4.69) is 10.3 Å². The number of hydrogen-bond donors (Lipinski definition) is 2. The number of nitrogens with one attached hydrogen (secondary N) is 1. The molecule has 0 atom stereocenters. The van der Waals surface area contributed by atoms with Crippen LogP contribution < -0.4 is 10.1 Å². The molecule has 10 heteroatoms. The average molecular weight is 521 g/mol. The molecule has 3 rings (SSSR count). The molecule has 0 bridgehead atoms. The summed E-state index contributed by atoms with van der Waals surface area (Å²) < 4.78 is 46.4. The van der Waals surface area contributed by atoms with Crippen LogP contribution in [0.3, 0.4) is 0 Å². The van der Waals surface area contributed by atoms with Crippen molar-refractivity contribution in [3.05, 3.63) is 70.2 Å². The van der Waals surface area contributed by atoms with E-state index in [1.54, 1.807) is 24.3 Å². The summed E-state index contributed by atoms with van der Waals surface area (Å²) in [5.41, 5.74) is -0.641. The Morgan fingerprint density at radius 3 is 2.06 bits per heavy atom. The molecular weight excluding hydrogens is 493 g/mol. The van der Waals surface area contributed by atoms with E-state index >= 15 is 0 Å². The fourth-order valence-electron chi connectivity index (χ4n) is 3.18. The van der Waals surface area contributed by atoms with E-state index in [0.717, 1.165) is 5.56 Å². The molecule has 0 aliphatic rings. The lowest BCUT2D eigenvalue weighted by Gasteiger charge is -2.21. The molecule has 0 saturated heterocycles. The van der Waals surface area contributed by atoms with Crippen molar-refractivity contribution < 1.29 is 32.6 Å². The van der Waals surface area contributed by atoms with Gasteiger partial charge in [0.1, 0.15) is 15.6 Å². The van der Waals surface area contributed by atoms with Gasteiger partial charge in [0.25, 0.3) is 5.91 Å². The molecule has 2 aromatic carbocycles. The van der Waals surface area contributed by atoms with Crippen molar-refractivity contribution in [3.8, 4) is 16.3 Å². The van der Waals surface area contributed by atoms with Gasteiger partial charge in [0.15, 0.2) is 11.3 Å². The number of nitrogens with zero attached hydrogens (tertiary/aromatic N) is 1. The number of aliphatic carboxylic acids is 1. The second-order valence-electron chi connectivity index (χ2n) is 9.77. The third-order valence-corrected chi connectivity index (χ3v) is 6.47. The van der Waals surface area contributed by atoms with Gasteiger partial charge < -0.3 is 15.2 Å². The minimum Gasteiger partial charge on any atom is -0.478 e. The lowest BCUT2D eigenvalue weighted by atomic mass is 9.87. The van der Waals surface area contributed by atoms with Crippen LogP contribution in [0.2, 0.25) is 0 Å². The summed E-state index contributed by atoms with van der Waals surface area (Å²) in [4.78, 5) is 27.1. The molecule has 192 valence electrons. The van der Waals surface area contributed by atoms with Crippen LogP contribution in [0.15, 0.2) is 48.5 Å². The highest BCUT2D eigenvalue weighted by Gasteiger charge is 2.39. The number of alkyl halides is 3. The molecule has 0 aliphatic heterocycles. The molecule has 1 aromatic heterocycles. The highest BCUT2D eigenvalue weighted by molar-refractivity contribution is 7.17. The largest absolute Gasteiger partial charge is 0.478 e. The molecule has 0 aliphatic carbocycles. The van der Waals surface area contributed by atoms with Crippen LogP contribution >= 0.6 is 11.3 Å². The summed E-state index contributed by atoms with van der Waals surface area (Å²) in [5, 5.41) is 11.8. The van der Waals surface area contributed by atoms with Gasteiger partial charge in [-0.3, -0.25) is 4.79 Å². The number of rotatable bonds is 7. The number of benzene rings is 2. The van der Waals surface area contributed by atoms with Crippen LogP contribution in [-0.2, 0) is 22.9 Å². The summed E-state index contributed by atoms with van der Waals surface area (Å²) in [6.07, 6.45) is -4.79. The van der Waals surface area contributed by atoms with E-state index in [1.807, 2.05) is 32.9 Å². The van der Waals surface area contributed by atoms with Crippen molar-refractivity contribution in [2.45, 2.75) is 58.4 Å². The normalized spacial score (nSPS) is 12.3. The van der Waals surface area contributed by atoms with Gasteiger partial charge in [-0.1, -0.05) is 57.2 Å². The Hall–Kier alpha value is -3.40. The minimum atomic E-state index is -4.79. The molecule has 6 nitrogen and oxygen atoms in total. The van der Waals surface area contributed by atoms with Crippen LogP contribution in [0.1, 0.15) is 61.1 Å². The number of carboxylic acids is 1. The quantitative estimate of drug-likeness (QED) is 0.382. The van der Waals surface area contributed by atoms with Gasteiger partial charge in [-0.15, -0.1) is 11.3 Å². The first kappa shape index (κ1) is 27.2. The highest BCUT2D eigenvalue weighted by Crippen LogP contribution is 2.38. The zero-order valence-corrected chi connectivity index (χ0v) is 21.3. The number of amides is 1. The van der Waals surface area contributed by atoms with Crippen molar-refractivity contribution in [3.63, 3.8) is 0 Å². The van der Waals surface area contributed by atoms with E-state index in [4.69, 9.17) is 9.84 Å². The maximum atomic E-state index is 13.7. The van der Waals surface area contributed by atoms with Gasteiger partial charge >= 0.3 is 12.1 Å². The lowest BCUT2D eigenvalue weighted by Crippen LogP contribution is -2.37. The summed E-state index contributed by atoms with van der Waals surface area (Å²) in [6, 6.07) is 13.3. The van der Waals surface area contributed by atoms with Gasteiger partial charge in [-0.05, 0) is 42.5 Å². The first-order valence-corrected chi connectivity index (χ1v) is 11.9. The molecule has 36 heavy (non-hydrogen) atoms. The maximum absolute atomic E-state index is 13.7. The first-order valence-electron chi connectivity index (χ1n) is 11.1. The van der Waals surface area contributed by atoms with Crippen LogP contribution in [-0.4, -0.2) is 27.6 Å². The molecule has 1 heterocycles. The van der Waals surface area contributed by atoms with Crippen LogP contribution in [0, 0.1) is 0 Å². The number of carbonyl (C=O) groups is 2. The number of hydrogen-bond acceptors (Lipinski definition) is 5. The van der Waals surface area contributed by atoms with Gasteiger partial charge in [0.05, 0.1) is 0 Å². The third-order valence-electron chi connectivity index (χ3n) is 5.36. The second kappa shape index (κ2) is 9.93. The average Bonchev–Trinajstić information content (AvgIpc) is 3.24. The SMILES string of the molecule is CC(C)(Oc1ccc(CNC(=O)c2sc(-c3ccc(C(C)(C)C)cc3)nc2C(F)(F)F)cc1)C(=O)O. The summed E-state index contributed by atoms with van der Waals surface area (Å²) in [7, 11) is 0. The topological polar surface area (TPSA) is 88.5 Å². The lowest BCUT2D eigenvalue weighted by molar-refractivity contribution is -0.152. The Balaban J connectivity index is 1.77. The predicted octanol–water partition coefficient (Wildman–Crippen LogP) is 6.30. The molecule has 0 spiro atoms. The van der Waals surface area contributed by atoms with E-state index in [0.29, 0.717) is 28.2 Å². The monoisotopic (exact) mass is 520 g/mol. The zero-order chi connectivity index (χ0) is 26.9. The van der Waals surface area contributed by atoms with E-state index in [9.17, 15) is 22.8 Å². The Morgan fingerprint density at radius 1 is 0.972 bits per heavy atom. The smallest absolute Gasteiger partial charge is 0.435 e. The molecule has 0 radical (unpaired) electrons. The number of ether oxygens (including phenoxy) is 1. The molecule has 1 amide bonds. The van der Waals surface area contributed by atoms with Crippen LogP contribution in [0.25, 0.3) is 10.6 Å². The van der Waals surface area contributed by atoms with Crippen LogP contribution in [0.4, 0.5) is 13.2 Å². The van der Waals surface area contributed by atoms with Gasteiger partial charge in [-0.25, -0.2) is 9.78 Å². The molecule has 0 saturated carbocycles. The number of carboxylic acid groups (broad SMARTS) is 1. The molecule has 2 N–H and O–H groups in total. The predicted molar refractivity (Wildman–Crippen MR) is 131 cm³/mol. The number of carbonyl (C=O) groups excluding carboxylic acids is 1. The molecular formula is C26H27F3N2O4S. The summed E-state index contributed by atoms with van der Waals surface area (Å²) >= 11 is 0.689. The minimum absolute atomic E-state index is 0.0355. The van der Waals surface area contributed by atoms with E-state index < -0.39 is 34.2 Å². The Labute approximate surface area is 211 Å². The van der Waals surface area contributed by atoms with Crippen molar-refractivity contribution >= 4 is 23.2 Å².